The van der Waals surface area contributed by atoms with Gasteiger partial charge in [0.2, 0.25) is 5.91 Å². The van der Waals surface area contributed by atoms with Crippen molar-refractivity contribution >= 4 is 34.5 Å². The Balaban J connectivity index is 1.24. The minimum Gasteiger partial charge on any atom is -0.408 e. The molecule has 10 nitrogen and oxygen atoms in total. The Labute approximate surface area is 260 Å². The Morgan fingerprint density at radius 2 is 1.59 bits per heavy atom. The Morgan fingerprint density at radius 3 is 2.32 bits per heavy atom. The largest absolute Gasteiger partial charge is 0.420 e. The van der Waals surface area contributed by atoms with Crippen LogP contribution in [0.4, 0.5) is 0 Å². The van der Waals surface area contributed by atoms with E-state index in [1.54, 1.807) is 30.1 Å². The number of carbonyl (C=O) groups is 2. The number of nitrogens with zero attached hydrogens (tertiary/aromatic N) is 4. The highest BCUT2D eigenvalue weighted by molar-refractivity contribution is 6.31. The van der Waals surface area contributed by atoms with Crippen molar-refractivity contribution in [2.75, 3.05) is 66.2 Å². The van der Waals surface area contributed by atoms with Gasteiger partial charge in [-0.15, -0.1) is 0 Å². The summed E-state index contributed by atoms with van der Waals surface area (Å²) in [6.07, 6.45) is 0. The average molecular weight is 619 g/mol. The third kappa shape index (κ3) is 6.58. The molecule has 3 aromatic carbocycles. The van der Waals surface area contributed by atoms with E-state index >= 15 is 0 Å². The van der Waals surface area contributed by atoms with Gasteiger partial charge >= 0.3 is 5.76 Å². The zero-order chi connectivity index (χ0) is 30.6. The van der Waals surface area contributed by atoms with Crippen LogP contribution in [-0.4, -0.2) is 97.3 Å². The van der Waals surface area contributed by atoms with Crippen LogP contribution in [0, 0.1) is 0 Å². The first-order valence-corrected chi connectivity index (χ1v) is 15.2. The SMILES string of the molecule is CN(C(=O)Cn1c(=O)oc2ccc(Cl)cc21)C(CN1CCOCC1)c1ccc(-c2cccc(C(=O)N3CCOCC3)c2)cc1. The molecule has 2 aliphatic rings. The second-order valence-corrected chi connectivity index (χ2v) is 11.5. The van der Waals surface area contributed by atoms with Crippen molar-refractivity contribution in [2.45, 2.75) is 12.6 Å². The molecule has 0 spiro atoms. The molecule has 0 bridgehead atoms. The second-order valence-electron chi connectivity index (χ2n) is 11.1. The maximum Gasteiger partial charge on any atom is 0.420 e. The molecule has 6 rings (SSSR count). The monoisotopic (exact) mass is 618 g/mol. The van der Waals surface area contributed by atoms with Crippen LogP contribution in [0.3, 0.4) is 0 Å². The van der Waals surface area contributed by atoms with Crippen LogP contribution in [0.15, 0.2) is 75.9 Å². The summed E-state index contributed by atoms with van der Waals surface area (Å²) in [5.74, 6) is -0.830. The van der Waals surface area contributed by atoms with Gasteiger partial charge in [-0.1, -0.05) is 48.0 Å². The van der Waals surface area contributed by atoms with Crippen LogP contribution in [0.25, 0.3) is 22.2 Å². The predicted molar refractivity (Wildman–Crippen MR) is 167 cm³/mol. The summed E-state index contributed by atoms with van der Waals surface area (Å²) in [6, 6.07) is 20.4. The summed E-state index contributed by atoms with van der Waals surface area (Å²) in [5.41, 5.74) is 4.38. The molecule has 0 aliphatic carbocycles. The highest BCUT2D eigenvalue weighted by Gasteiger charge is 2.27. The van der Waals surface area contributed by atoms with Gasteiger partial charge in [-0.2, -0.15) is 0 Å². The fourth-order valence-corrected chi connectivity index (χ4v) is 5.93. The summed E-state index contributed by atoms with van der Waals surface area (Å²) < 4.78 is 17.6. The predicted octanol–water partition coefficient (Wildman–Crippen LogP) is 3.92. The lowest BCUT2D eigenvalue weighted by atomic mass is 9.98. The van der Waals surface area contributed by atoms with Crippen LogP contribution in [-0.2, 0) is 20.8 Å². The summed E-state index contributed by atoms with van der Waals surface area (Å²) in [6.45, 7) is 5.54. The van der Waals surface area contributed by atoms with E-state index in [1.807, 2.05) is 53.4 Å². The van der Waals surface area contributed by atoms with Gasteiger partial charge in [0, 0.05) is 50.4 Å². The number of carbonyl (C=O) groups excluding carboxylic acids is 2. The smallest absolute Gasteiger partial charge is 0.408 e. The average Bonchev–Trinajstić information content (AvgIpc) is 3.37. The molecule has 3 heterocycles. The number of hydrogen-bond donors (Lipinski definition) is 0. The van der Waals surface area contributed by atoms with E-state index in [2.05, 4.69) is 4.90 Å². The Bertz CT molecular complexity index is 1690. The van der Waals surface area contributed by atoms with E-state index in [1.165, 1.54) is 4.57 Å². The lowest BCUT2D eigenvalue weighted by Gasteiger charge is -2.35. The molecule has 11 heteroatoms. The number of halogens is 1. The highest BCUT2D eigenvalue weighted by Crippen LogP contribution is 2.27. The van der Waals surface area contributed by atoms with Crippen LogP contribution in [0.5, 0.6) is 0 Å². The van der Waals surface area contributed by atoms with Crippen LogP contribution < -0.4 is 5.76 Å². The third-order valence-corrected chi connectivity index (χ3v) is 8.59. The minimum absolute atomic E-state index is 0.00395. The van der Waals surface area contributed by atoms with Crippen molar-refractivity contribution in [3.8, 4) is 11.1 Å². The van der Waals surface area contributed by atoms with E-state index in [0.717, 1.165) is 29.8 Å². The number of fused-ring (bicyclic) bond motifs is 1. The van der Waals surface area contributed by atoms with Crippen LogP contribution in [0.1, 0.15) is 22.0 Å². The molecule has 2 aliphatic heterocycles. The zero-order valence-electron chi connectivity index (χ0n) is 24.6. The first-order valence-electron chi connectivity index (χ1n) is 14.8. The van der Waals surface area contributed by atoms with Gasteiger partial charge in [-0.25, -0.2) is 4.79 Å². The van der Waals surface area contributed by atoms with Crippen molar-refractivity contribution in [3.05, 3.63) is 93.4 Å². The molecule has 1 aromatic heterocycles. The molecule has 2 fully saturated rings. The molecule has 2 saturated heterocycles. The molecule has 4 aromatic rings. The maximum atomic E-state index is 13.7. The van der Waals surface area contributed by atoms with Crippen molar-refractivity contribution in [1.29, 1.82) is 0 Å². The Hall–Kier alpha value is -3.96. The molecule has 2 amide bonds. The highest BCUT2D eigenvalue weighted by atomic mass is 35.5. The molecule has 230 valence electrons. The molecule has 44 heavy (non-hydrogen) atoms. The van der Waals surface area contributed by atoms with Gasteiger partial charge in [0.05, 0.1) is 38.0 Å². The molecule has 0 radical (unpaired) electrons. The van der Waals surface area contributed by atoms with E-state index in [9.17, 15) is 14.4 Å². The summed E-state index contributed by atoms with van der Waals surface area (Å²) >= 11 is 6.16. The number of amides is 2. The fraction of sp³-hybridized carbons (Fsp3) is 0.364. The maximum absolute atomic E-state index is 13.7. The van der Waals surface area contributed by atoms with Gasteiger partial charge in [-0.3, -0.25) is 19.1 Å². The third-order valence-electron chi connectivity index (χ3n) is 8.36. The van der Waals surface area contributed by atoms with E-state index in [-0.39, 0.29) is 24.4 Å². The molecular formula is C33H35ClN4O6. The summed E-state index contributed by atoms with van der Waals surface area (Å²) in [4.78, 5) is 45.2. The van der Waals surface area contributed by atoms with E-state index in [0.29, 0.717) is 67.7 Å². The Morgan fingerprint density at radius 1 is 0.886 bits per heavy atom. The quantitative estimate of drug-likeness (QED) is 0.295. The van der Waals surface area contributed by atoms with E-state index < -0.39 is 5.76 Å². The van der Waals surface area contributed by atoms with Crippen molar-refractivity contribution < 1.29 is 23.5 Å². The van der Waals surface area contributed by atoms with Gasteiger partial charge < -0.3 is 23.7 Å². The van der Waals surface area contributed by atoms with E-state index in [4.69, 9.17) is 25.5 Å². The van der Waals surface area contributed by atoms with Crippen LogP contribution >= 0.6 is 11.6 Å². The first kappa shape index (κ1) is 30.1. The normalized spacial score (nSPS) is 16.6. The number of hydrogen-bond acceptors (Lipinski definition) is 7. The van der Waals surface area contributed by atoms with Gasteiger partial charge in [0.25, 0.3) is 5.91 Å². The number of benzene rings is 3. The zero-order valence-corrected chi connectivity index (χ0v) is 25.4. The summed E-state index contributed by atoms with van der Waals surface area (Å²) in [7, 11) is 1.77. The van der Waals surface area contributed by atoms with Gasteiger partial charge in [0.1, 0.15) is 6.54 Å². The first-order chi connectivity index (χ1) is 21.4. The molecular weight excluding hydrogens is 584 g/mol. The lowest BCUT2D eigenvalue weighted by molar-refractivity contribution is -0.133. The van der Waals surface area contributed by atoms with Crippen molar-refractivity contribution in [1.82, 2.24) is 19.3 Å². The minimum atomic E-state index is -0.604. The van der Waals surface area contributed by atoms with Crippen LogP contribution in [0.2, 0.25) is 5.02 Å². The number of aromatic nitrogens is 1. The molecule has 0 N–H and O–H groups in total. The standard InChI is InChI=1S/C33H35ClN4O6/c1-35(31(39)22-38-28-20-27(34)9-10-30(28)44-33(38)41)29(21-36-11-15-42-16-12-36)24-7-5-23(6-8-24)25-3-2-4-26(19-25)32(40)37-13-17-43-18-14-37/h2-10,19-20,29H,11-18,21-22H2,1H3. The Kier molecular flexibility index (Phi) is 9.13. The number of oxazole rings is 1. The number of likely N-dealkylation sites (N-methyl/N-ethyl adjacent to an activating group) is 1. The lowest BCUT2D eigenvalue weighted by Crippen LogP contribution is -2.44. The number of rotatable bonds is 8. The summed E-state index contributed by atoms with van der Waals surface area (Å²) in [5, 5.41) is 0.453. The second kappa shape index (κ2) is 13.4. The van der Waals surface area contributed by atoms with Crippen molar-refractivity contribution in [3.63, 3.8) is 0 Å². The number of ether oxygens (including phenoxy) is 2. The topological polar surface area (TPSA) is 97.5 Å². The number of morpholine rings is 2. The molecule has 0 saturated carbocycles. The van der Waals surface area contributed by atoms with Gasteiger partial charge in [0.15, 0.2) is 5.58 Å². The molecule has 1 atom stereocenters. The fourth-order valence-electron chi connectivity index (χ4n) is 5.76. The van der Waals surface area contributed by atoms with Crippen molar-refractivity contribution in [2.24, 2.45) is 0 Å². The van der Waals surface area contributed by atoms with Gasteiger partial charge in [-0.05, 0) is 47.0 Å². The molecule has 1 unspecified atom stereocenters.